The lowest BCUT2D eigenvalue weighted by Crippen LogP contribution is -2.23. The van der Waals surface area contributed by atoms with Crippen molar-refractivity contribution in [3.8, 4) is 11.8 Å². The molecule has 4 heteroatoms. The minimum Gasteiger partial charge on any atom is -0.485 e. The van der Waals surface area contributed by atoms with Crippen molar-refractivity contribution in [2.45, 2.75) is 38.4 Å². The molecule has 0 radical (unpaired) electrons. The molecule has 1 aromatic carbocycles. The second-order valence-corrected chi connectivity index (χ2v) is 5.72. The lowest BCUT2D eigenvalue weighted by Gasteiger charge is -2.19. The highest BCUT2D eigenvalue weighted by Gasteiger charge is 2.32. The minimum absolute atomic E-state index is 0.0743. The van der Waals surface area contributed by atoms with Crippen molar-refractivity contribution >= 4 is 11.0 Å². The number of furan rings is 1. The summed E-state index contributed by atoms with van der Waals surface area (Å²) in [4.78, 5) is 0. The van der Waals surface area contributed by atoms with Crippen LogP contribution in [0.15, 0.2) is 28.7 Å². The van der Waals surface area contributed by atoms with E-state index in [-0.39, 0.29) is 17.5 Å². The molecular formula is C16H17NO3. The summed E-state index contributed by atoms with van der Waals surface area (Å²) in [5, 5.41) is 9.97. The fourth-order valence-corrected chi connectivity index (χ4v) is 2.61. The van der Waals surface area contributed by atoms with Gasteiger partial charge in [-0.2, -0.15) is 5.26 Å². The molecule has 0 saturated carbocycles. The van der Waals surface area contributed by atoms with Crippen molar-refractivity contribution in [2.24, 2.45) is 0 Å². The number of fused-ring (bicyclic) bond motifs is 1. The molecule has 2 aromatic rings. The number of hydrogen-bond acceptors (Lipinski definition) is 4. The summed E-state index contributed by atoms with van der Waals surface area (Å²) < 4.78 is 17.2. The zero-order chi connectivity index (χ0) is 14.2. The highest BCUT2D eigenvalue weighted by atomic mass is 16.6. The van der Waals surface area contributed by atoms with Crippen LogP contribution >= 0.6 is 0 Å². The van der Waals surface area contributed by atoms with Gasteiger partial charge in [-0.05, 0) is 38.8 Å². The second kappa shape index (κ2) is 4.84. The van der Waals surface area contributed by atoms with Gasteiger partial charge in [0.1, 0.15) is 18.3 Å². The lowest BCUT2D eigenvalue weighted by atomic mass is 10.1. The molecule has 0 spiro atoms. The highest BCUT2D eigenvalue weighted by molar-refractivity contribution is 5.86. The number of benzene rings is 1. The largest absolute Gasteiger partial charge is 0.485 e. The maximum atomic E-state index is 9.14. The van der Waals surface area contributed by atoms with E-state index in [0.29, 0.717) is 17.9 Å². The third-order valence-electron chi connectivity index (χ3n) is 3.62. The summed E-state index contributed by atoms with van der Waals surface area (Å²) in [6.45, 7) is 4.61. The second-order valence-electron chi connectivity index (χ2n) is 5.72. The van der Waals surface area contributed by atoms with Crippen LogP contribution in [0.3, 0.4) is 0 Å². The molecule has 1 aromatic heterocycles. The van der Waals surface area contributed by atoms with Crippen LogP contribution in [-0.2, 0) is 4.74 Å². The molecule has 3 rings (SSSR count). The molecule has 0 N–H and O–H groups in total. The Labute approximate surface area is 117 Å². The van der Waals surface area contributed by atoms with Crippen molar-refractivity contribution in [2.75, 3.05) is 6.61 Å². The van der Waals surface area contributed by atoms with Crippen LogP contribution in [0.5, 0.6) is 5.75 Å². The van der Waals surface area contributed by atoms with Gasteiger partial charge in [0, 0.05) is 0 Å². The molecular weight excluding hydrogens is 254 g/mol. The molecule has 0 aliphatic carbocycles. The van der Waals surface area contributed by atoms with Gasteiger partial charge in [0.25, 0.3) is 0 Å². The van der Waals surface area contributed by atoms with Crippen molar-refractivity contribution in [1.82, 2.24) is 0 Å². The zero-order valence-corrected chi connectivity index (χ0v) is 11.7. The van der Waals surface area contributed by atoms with Gasteiger partial charge in [0.05, 0.1) is 17.1 Å². The average molecular weight is 271 g/mol. The number of para-hydroxylation sites is 1. The van der Waals surface area contributed by atoms with Crippen molar-refractivity contribution in [3.63, 3.8) is 0 Å². The third kappa shape index (κ3) is 2.37. The monoisotopic (exact) mass is 271 g/mol. The molecule has 1 aliphatic heterocycles. The molecule has 0 amide bonds. The van der Waals surface area contributed by atoms with E-state index >= 15 is 0 Å². The van der Waals surface area contributed by atoms with E-state index < -0.39 is 0 Å². The van der Waals surface area contributed by atoms with E-state index in [1.165, 1.54) is 0 Å². The molecule has 1 aliphatic rings. The summed E-state index contributed by atoms with van der Waals surface area (Å²) in [5.41, 5.74) is 0.594. The molecule has 0 bridgehead atoms. The van der Waals surface area contributed by atoms with Crippen LogP contribution in [-0.4, -0.2) is 18.3 Å². The van der Waals surface area contributed by atoms with E-state index in [1.54, 1.807) is 0 Å². The Morgan fingerprint density at radius 1 is 1.40 bits per heavy atom. The molecule has 2 heterocycles. The number of hydrogen-bond donors (Lipinski definition) is 0. The van der Waals surface area contributed by atoms with E-state index in [1.807, 2.05) is 30.3 Å². The first kappa shape index (κ1) is 13.0. The molecule has 1 saturated heterocycles. The minimum atomic E-state index is -0.0788. The Kier molecular flexibility index (Phi) is 3.15. The Bertz CT molecular complexity index is 666. The Morgan fingerprint density at radius 3 is 2.90 bits per heavy atom. The Morgan fingerprint density at radius 2 is 2.20 bits per heavy atom. The van der Waals surface area contributed by atoms with E-state index in [4.69, 9.17) is 19.2 Å². The highest BCUT2D eigenvalue weighted by Crippen LogP contribution is 2.34. The average Bonchev–Trinajstić information content (AvgIpc) is 2.96. The summed E-state index contributed by atoms with van der Waals surface area (Å²) in [5.74, 6) is 0.750. The molecule has 1 unspecified atom stereocenters. The van der Waals surface area contributed by atoms with Crippen LogP contribution < -0.4 is 4.74 Å². The van der Waals surface area contributed by atoms with Crippen LogP contribution in [0.1, 0.15) is 32.4 Å². The standard InChI is InChI=1S/C16H17NO3/c1-16(2)8-7-11(20-16)10-18-15-12-5-3-4-6-13(12)19-14(15)9-17/h3-6,11H,7-8,10H2,1-2H3. The van der Waals surface area contributed by atoms with E-state index in [9.17, 15) is 0 Å². The SMILES string of the molecule is CC1(C)CCC(COc2c(C#N)oc3ccccc23)O1. The summed E-state index contributed by atoms with van der Waals surface area (Å²) >= 11 is 0. The molecule has 4 nitrogen and oxygen atoms in total. The smallest absolute Gasteiger partial charge is 0.246 e. The first-order chi connectivity index (χ1) is 9.59. The Balaban J connectivity index is 1.79. The third-order valence-corrected chi connectivity index (χ3v) is 3.62. The maximum Gasteiger partial charge on any atom is 0.246 e. The van der Waals surface area contributed by atoms with Crippen LogP contribution in [0.4, 0.5) is 0 Å². The maximum absolute atomic E-state index is 9.14. The van der Waals surface area contributed by atoms with Gasteiger partial charge in [-0.3, -0.25) is 0 Å². The quantitative estimate of drug-likeness (QED) is 0.855. The number of nitrogens with zero attached hydrogens (tertiary/aromatic N) is 1. The van der Waals surface area contributed by atoms with E-state index in [2.05, 4.69) is 13.8 Å². The summed E-state index contributed by atoms with van der Waals surface area (Å²) in [6.07, 6.45) is 2.08. The Hall–Kier alpha value is -1.99. The first-order valence-electron chi connectivity index (χ1n) is 6.81. The van der Waals surface area contributed by atoms with Gasteiger partial charge in [-0.15, -0.1) is 0 Å². The van der Waals surface area contributed by atoms with E-state index in [0.717, 1.165) is 18.2 Å². The predicted molar refractivity (Wildman–Crippen MR) is 74.6 cm³/mol. The number of nitriles is 1. The first-order valence-corrected chi connectivity index (χ1v) is 6.81. The van der Waals surface area contributed by atoms with Gasteiger partial charge in [-0.25, -0.2) is 0 Å². The van der Waals surface area contributed by atoms with Gasteiger partial charge in [0.15, 0.2) is 5.75 Å². The lowest BCUT2D eigenvalue weighted by molar-refractivity contribution is -0.0325. The van der Waals surface area contributed by atoms with Crippen molar-refractivity contribution in [3.05, 3.63) is 30.0 Å². The van der Waals surface area contributed by atoms with Crippen molar-refractivity contribution in [1.29, 1.82) is 5.26 Å². The van der Waals surface area contributed by atoms with Gasteiger partial charge in [0.2, 0.25) is 5.76 Å². The summed E-state index contributed by atoms with van der Waals surface area (Å²) in [6, 6.07) is 9.55. The fraction of sp³-hybridized carbons (Fsp3) is 0.438. The number of rotatable bonds is 3. The molecule has 104 valence electrons. The van der Waals surface area contributed by atoms with Crippen molar-refractivity contribution < 1.29 is 13.9 Å². The van der Waals surface area contributed by atoms with Gasteiger partial charge < -0.3 is 13.9 Å². The van der Waals surface area contributed by atoms with Crippen LogP contribution in [0, 0.1) is 11.3 Å². The summed E-state index contributed by atoms with van der Waals surface area (Å²) in [7, 11) is 0. The van der Waals surface area contributed by atoms with Gasteiger partial charge in [-0.1, -0.05) is 12.1 Å². The van der Waals surface area contributed by atoms with Gasteiger partial charge >= 0.3 is 0 Å². The molecule has 1 fully saturated rings. The number of ether oxygens (including phenoxy) is 2. The molecule has 20 heavy (non-hydrogen) atoms. The normalized spacial score (nSPS) is 20.9. The fourth-order valence-electron chi connectivity index (χ4n) is 2.61. The predicted octanol–water partition coefficient (Wildman–Crippen LogP) is 3.64. The topological polar surface area (TPSA) is 55.4 Å². The van der Waals surface area contributed by atoms with Crippen LogP contribution in [0.2, 0.25) is 0 Å². The molecule has 1 atom stereocenters. The zero-order valence-electron chi connectivity index (χ0n) is 11.7. The van der Waals surface area contributed by atoms with Crippen LogP contribution in [0.25, 0.3) is 11.0 Å².